The van der Waals surface area contributed by atoms with Gasteiger partial charge in [0.15, 0.2) is 23.0 Å². The van der Waals surface area contributed by atoms with Gasteiger partial charge >= 0.3 is 0 Å². The predicted molar refractivity (Wildman–Crippen MR) is 212 cm³/mol. The molecule has 14 heteroatoms. The van der Waals surface area contributed by atoms with Crippen LogP contribution in [0, 0.1) is 0 Å². The van der Waals surface area contributed by atoms with Gasteiger partial charge in [0.2, 0.25) is 0 Å². The maximum Gasteiger partial charge on any atom is 0.252 e. The smallest absolute Gasteiger partial charge is 0.252 e. The molecule has 6 aromatic rings. The molecular formula is C39H41N7O6S. The number of thioether (sulfide) groups is 1. The molecule has 2 heterocycles. The van der Waals surface area contributed by atoms with Gasteiger partial charge in [0.25, 0.3) is 11.8 Å². The van der Waals surface area contributed by atoms with Crippen LogP contribution in [0.1, 0.15) is 20.7 Å². The molecule has 0 aliphatic heterocycles. The van der Waals surface area contributed by atoms with Crippen molar-refractivity contribution in [2.75, 3.05) is 64.3 Å². The zero-order valence-electron chi connectivity index (χ0n) is 30.4. The average Bonchev–Trinajstić information content (AvgIpc) is 3.17. The Morgan fingerprint density at radius 2 is 1.00 bits per heavy atom. The van der Waals surface area contributed by atoms with Crippen LogP contribution in [0.25, 0.3) is 21.8 Å². The molecule has 0 bridgehead atoms. The average molecular weight is 736 g/mol. The number of primary amides is 2. The number of hydrogen-bond acceptors (Lipinski definition) is 12. The third-order valence-corrected chi connectivity index (χ3v) is 9.03. The molecule has 6 N–H and O–H groups in total. The maximum atomic E-state index is 12.0. The SMILES string of the molecule is COc1cc2ncc(C(N)=O)c(Nc3ccc(N(C)C)cc3)c2cc1OC.COc1cc2ncc(C(N)=O)c(Nc3ccc(SC)cc3)c2cc1OC. The van der Waals surface area contributed by atoms with E-state index in [9.17, 15) is 9.59 Å². The number of ether oxygens (including phenoxy) is 4. The minimum Gasteiger partial charge on any atom is -0.493 e. The van der Waals surface area contributed by atoms with E-state index in [2.05, 4.69) is 20.6 Å². The van der Waals surface area contributed by atoms with Crippen molar-refractivity contribution < 1.29 is 28.5 Å². The Bertz CT molecular complexity index is 2270. The Morgan fingerprint density at radius 3 is 1.34 bits per heavy atom. The molecule has 2 amide bonds. The van der Waals surface area contributed by atoms with Crippen molar-refractivity contribution >= 4 is 73.8 Å². The molecule has 0 spiro atoms. The van der Waals surface area contributed by atoms with Crippen LogP contribution in [-0.4, -0.2) is 70.6 Å². The van der Waals surface area contributed by atoms with Crippen molar-refractivity contribution in [2.45, 2.75) is 4.90 Å². The first-order valence-electron chi connectivity index (χ1n) is 16.2. The van der Waals surface area contributed by atoms with E-state index in [0.29, 0.717) is 67.3 Å². The number of carbonyl (C=O) groups is 2. The van der Waals surface area contributed by atoms with E-state index in [0.717, 1.165) is 22.0 Å². The number of methoxy groups -OCH3 is 4. The number of pyridine rings is 2. The first-order valence-corrected chi connectivity index (χ1v) is 17.4. The number of nitrogens with zero attached hydrogens (tertiary/aromatic N) is 3. The van der Waals surface area contributed by atoms with Gasteiger partial charge in [-0.15, -0.1) is 11.8 Å². The van der Waals surface area contributed by atoms with E-state index < -0.39 is 11.8 Å². The van der Waals surface area contributed by atoms with E-state index in [4.69, 9.17) is 30.4 Å². The van der Waals surface area contributed by atoms with Gasteiger partial charge in [-0.25, -0.2) is 0 Å². The lowest BCUT2D eigenvalue weighted by atomic mass is 10.1. The molecule has 0 aliphatic carbocycles. The topological polar surface area (TPSA) is 176 Å². The van der Waals surface area contributed by atoms with Crippen LogP contribution in [-0.2, 0) is 0 Å². The molecule has 0 unspecified atom stereocenters. The second kappa shape index (κ2) is 16.7. The molecule has 53 heavy (non-hydrogen) atoms. The van der Waals surface area contributed by atoms with Crippen LogP contribution in [0.4, 0.5) is 28.4 Å². The fourth-order valence-electron chi connectivity index (χ4n) is 5.49. The van der Waals surface area contributed by atoms with Gasteiger partial charge in [0, 0.05) is 71.4 Å². The molecule has 0 fully saturated rings. The molecule has 13 nitrogen and oxygen atoms in total. The second-order valence-electron chi connectivity index (χ2n) is 11.7. The lowest BCUT2D eigenvalue weighted by Gasteiger charge is -2.17. The van der Waals surface area contributed by atoms with Gasteiger partial charge in [-0.3, -0.25) is 19.6 Å². The van der Waals surface area contributed by atoms with Crippen LogP contribution in [0.5, 0.6) is 23.0 Å². The number of benzene rings is 4. The molecule has 0 saturated heterocycles. The second-order valence-corrected chi connectivity index (χ2v) is 12.6. The zero-order valence-corrected chi connectivity index (χ0v) is 31.3. The van der Waals surface area contributed by atoms with Gasteiger partial charge < -0.3 is 45.9 Å². The van der Waals surface area contributed by atoms with Crippen LogP contribution >= 0.6 is 11.8 Å². The first-order chi connectivity index (χ1) is 25.5. The van der Waals surface area contributed by atoms with Gasteiger partial charge in [0.1, 0.15) is 0 Å². The summed E-state index contributed by atoms with van der Waals surface area (Å²) >= 11 is 1.66. The lowest BCUT2D eigenvalue weighted by molar-refractivity contribution is 0.0992. The fourth-order valence-corrected chi connectivity index (χ4v) is 5.90. The Hall–Kier alpha value is -6.41. The lowest BCUT2D eigenvalue weighted by Crippen LogP contribution is -2.14. The Balaban J connectivity index is 0.000000204. The third kappa shape index (κ3) is 8.39. The zero-order chi connectivity index (χ0) is 38.2. The number of fused-ring (bicyclic) bond motifs is 2. The number of anilines is 5. The van der Waals surface area contributed by atoms with Crippen molar-refractivity contribution in [3.8, 4) is 23.0 Å². The molecule has 0 aliphatic rings. The molecule has 274 valence electrons. The summed E-state index contributed by atoms with van der Waals surface area (Å²) in [4.78, 5) is 35.7. The highest BCUT2D eigenvalue weighted by Gasteiger charge is 2.18. The summed E-state index contributed by atoms with van der Waals surface area (Å²) in [6.45, 7) is 0. The van der Waals surface area contributed by atoms with E-state index in [1.54, 1.807) is 64.5 Å². The van der Waals surface area contributed by atoms with Crippen molar-refractivity contribution in [3.05, 3.63) is 96.3 Å². The van der Waals surface area contributed by atoms with E-state index >= 15 is 0 Å². The molecular weight excluding hydrogens is 695 g/mol. The Kier molecular flexibility index (Phi) is 11.9. The van der Waals surface area contributed by atoms with Gasteiger partial charge in [0.05, 0.1) is 62.0 Å². The van der Waals surface area contributed by atoms with Crippen molar-refractivity contribution in [3.63, 3.8) is 0 Å². The third-order valence-electron chi connectivity index (χ3n) is 8.29. The van der Waals surface area contributed by atoms with Gasteiger partial charge in [-0.05, 0) is 66.9 Å². The highest BCUT2D eigenvalue weighted by atomic mass is 32.2. The predicted octanol–water partition coefficient (Wildman–Crippen LogP) is 6.98. The van der Waals surface area contributed by atoms with Crippen LogP contribution < -0.4 is 45.9 Å². The molecule has 6 rings (SSSR count). The highest BCUT2D eigenvalue weighted by molar-refractivity contribution is 7.98. The number of hydrogen-bond donors (Lipinski definition) is 4. The van der Waals surface area contributed by atoms with Crippen molar-refractivity contribution in [1.82, 2.24) is 9.97 Å². The normalized spacial score (nSPS) is 10.5. The van der Waals surface area contributed by atoms with Crippen LogP contribution in [0.3, 0.4) is 0 Å². The fraction of sp³-hybridized carbons (Fsp3) is 0.179. The van der Waals surface area contributed by atoms with E-state index in [-0.39, 0.29) is 0 Å². The number of carbonyl (C=O) groups excluding carboxylic acids is 2. The van der Waals surface area contributed by atoms with Crippen molar-refractivity contribution in [2.24, 2.45) is 11.5 Å². The quantitative estimate of drug-likeness (QED) is 0.0951. The Morgan fingerprint density at radius 1 is 0.623 bits per heavy atom. The Labute approximate surface area is 311 Å². The highest BCUT2D eigenvalue weighted by Crippen LogP contribution is 2.38. The van der Waals surface area contributed by atoms with Crippen LogP contribution in [0.15, 0.2) is 90.1 Å². The summed E-state index contributed by atoms with van der Waals surface area (Å²) in [6.07, 6.45) is 4.95. The number of rotatable bonds is 12. The maximum absolute atomic E-state index is 12.0. The molecule has 2 aromatic heterocycles. The van der Waals surface area contributed by atoms with Gasteiger partial charge in [-0.2, -0.15) is 0 Å². The molecule has 4 aromatic carbocycles. The number of nitrogens with one attached hydrogen (secondary N) is 2. The minimum atomic E-state index is -0.563. The summed E-state index contributed by atoms with van der Waals surface area (Å²) in [5.74, 6) is 1.09. The van der Waals surface area contributed by atoms with Crippen LogP contribution in [0.2, 0.25) is 0 Å². The monoisotopic (exact) mass is 735 g/mol. The molecule has 0 saturated carbocycles. The summed E-state index contributed by atoms with van der Waals surface area (Å²) in [5.41, 5.74) is 16.9. The minimum absolute atomic E-state index is 0.298. The molecule has 0 radical (unpaired) electrons. The largest absolute Gasteiger partial charge is 0.493 e. The van der Waals surface area contributed by atoms with E-state index in [1.807, 2.05) is 73.8 Å². The first kappa shape index (κ1) is 37.8. The standard InChI is InChI=1S/C20H22N4O3.C19H19N3O3S/c1-24(2)13-7-5-12(6-8-13)23-19-14-9-17(26-3)18(27-4)10-16(14)22-11-15(19)20(21)25;1-24-16-8-13-15(9-17(16)25-2)21-10-14(19(20)23)18(13)22-11-4-6-12(26-3)7-5-11/h5-11H,1-4H3,(H2,21,25)(H,22,23);4-10H,1-3H3,(H2,20,23)(H,21,22). The number of aromatic nitrogens is 2. The summed E-state index contributed by atoms with van der Waals surface area (Å²) in [5, 5.41) is 8.01. The summed E-state index contributed by atoms with van der Waals surface area (Å²) in [6, 6.07) is 22.8. The summed E-state index contributed by atoms with van der Waals surface area (Å²) in [7, 11) is 10.2. The summed E-state index contributed by atoms with van der Waals surface area (Å²) < 4.78 is 21.4. The number of nitrogens with two attached hydrogens (primary N) is 2. The number of amides is 2. The van der Waals surface area contributed by atoms with E-state index in [1.165, 1.54) is 12.4 Å². The molecule has 0 atom stereocenters. The van der Waals surface area contributed by atoms with Gasteiger partial charge in [-0.1, -0.05) is 0 Å². The van der Waals surface area contributed by atoms with Crippen molar-refractivity contribution in [1.29, 1.82) is 0 Å².